The van der Waals surface area contributed by atoms with Gasteiger partial charge in [0.2, 0.25) is 0 Å². The number of anilines is 1. The maximum Gasteiger partial charge on any atom is 0.279 e. The fourth-order valence-corrected chi connectivity index (χ4v) is 4.68. The van der Waals surface area contributed by atoms with Crippen molar-refractivity contribution in [3.63, 3.8) is 0 Å². The first-order valence-corrected chi connectivity index (χ1v) is 8.98. The molecule has 1 aliphatic carbocycles. The van der Waals surface area contributed by atoms with E-state index in [0.717, 1.165) is 29.2 Å². The molecule has 1 heterocycles. The quantitative estimate of drug-likeness (QED) is 0.848. The van der Waals surface area contributed by atoms with Crippen LogP contribution in [-0.2, 0) is 4.79 Å². The molecular formula is C18H26BrN2O+. The lowest BCUT2D eigenvalue weighted by Gasteiger charge is -2.47. The molecule has 0 aromatic heterocycles. The van der Waals surface area contributed by atoms with Crippen molar-refractivity contribution in [2.24, 2.45) is 16.7 Å². The average molecular weight is 366 g/mol. The second-order valence-corrected chi connectivity index (χ2v) is 8.80. The minimum Gasteiger partial charge on any atom is -0.326 e. The number of benzene rings is 1. The van der Waals surface area contributed by atoms with Gasteiger partial charge in [-0.1, -0.05) is 36.7 Å². The Balaban J connectivity index is 1.60. The maximum absolute atomic E-state index is 12.3. The standard InChI is InChI=1S/C18H25BrN2O/c1-17(2)13-8-9-18(17,3)12-21(10-13)11-16(22)20-15-6-4-14(19)5-7-15/h4-7,13H,8-12H2,1-3H3,(H,20,22)/p+1/t13-,18-/m1/s1. The van der Waals surface area contributed by atoms with Crippen molar-refractivity contribution in [3.8, 4) is 0 Å². The third-order valence-corrected chi connectivity index (χ3v) is 6.86. The van der Waals surface area contributed by atoms with Gasteiger partial charge >= 0.3 is 0 Å². The number of fused-ring (bicyclic) bond motifs is 2. The Bertz CT molecular complexity index is 569. The molecule has 1 amide bonds. The molecular weight excluding hydrogens is 340 g/mol. The summed E-state index contributed by atoms with van der Waals surface area (Å²) in [5, 5.41) is 3.02. The van der Waals surface area contributed by atoms with Gasteiger partial charge in [0.05, 0.1) is 13.1 Å². The van der Waals surface area contributed by atoms with Gasteiger partial charge < -0.3 is 10.2 Å². The molecule has 3 rings (SSSR count). The van der Waals surface area contributed by atoms with Crippen molar-refractivity contribution in [2.45, 2.75) is 33.6 Å². The summed E-state index contributed by atoms with van der Waals surface area (Å²) in [5.41, 5.74) is 1.67. The first kappa shape index (κ1) is 16.0. The van der Waals surface area contributed by atoms with Gasteiger partial charge in [0.1, 0.15) is 0 Å². The number of hydrogen-bond acceptors (Lipinski definition) is 1. The van der Waals surface area contributed by atoms with Crippen molar-refractivity contribution in [1.29, 1.82) is 0 Å². The Morgan fingerprint density at radius 3 is 2.64 bits per heavy atom. The van der Waals surface area contributed by atoms with E-state index in [-0.39, 0.29) is 5.91 Å². The predicted octanol–water partition coefficient (Wildman–Crippen LogP) is 2.73. The highest BCUT2D eigenvalue weighted by molar-refractivity contribution is 9.10. The van der Waals surface area contributed by atoms with Crippen molar-refractivity contribution in [1.82, 2.24) is 0 Å². The predicted molar refractivity (Wildman–Crippen MR) is 92.9 cm³/mol. The Kier molecular flexibility index (Phi) is 4.11. The molecule has 2 bridgehead atoms. The van der Waals surface area contributed by atoms with Gasteiger partial charge in [0, 0.05) is 21.5 Å². The number of carbonyl (C=O) groups excluding carboxylic acids is 1. The van der Waals surface area contributed by atoms with Crippen LogP contribution in [-0.4, -0.2) is 25.5 Å². The molecule has 0 spiro atoms. The molecule has 0 radical (unpaired) electrons. The Morgan fingerprint density at radius 1 is 1.32 bits per heavy atom. The molecule has 3 nitrogen and oxygen atoms in total. The van der Waals surface area contributed by atoms with Gasteiger partial charge in [-0.25, -0.2) is 0 Å². The first-order chi connectivity index (χ1) is 10.3. The highest BCUT2D eigenvalue weighted by Gasteiger charge is 2.57. The molecule has 2 fully saturated rings. The van der Waals surface area contributed by atoms with Crippen LogP contribution in [0.15, 0.2) is 28.7 Å². The smallest absolute Gasteiger partial charge is 0.279 e. The highest BCUT2D eigenvalue weighted by Crippen LogP contribution is 2.56. The van der Waals surface area contributed by atoms with Gasteiger partial charge in [-0.2, -0.15) is 0 Å². The zero-order valence-corrected chi connectivity index (χ0v) is 15.3. The number of amides is 1. The Labute approximate surface area is 141 Å². The lowest BCUT2D eigenvalue weighted by molar-refractivity contribution is -0.910. The largest absolute Gasteiger partial charge is 0.326 e. The molecule has 2 N–H and O–H groups in total. The molecule has 1 saturated heterocycles. The van der Waals surface area contributed by atoms with Crippen LogP contribution in [0, 0.1) is 16.7 Å². The second-order valence-electron chi connectivity index (χ2n) is 7.88. The molecule has 1 aromatic carbocycles. The number of piperidine rings is 1. The molecule has 1 unspecified atom stereocenters. The fourth-order valence-electron chi connectivity index (χ4n) is 4.41. The van der Waals surface area contributed by atoms with E-state index in [2.05, 4.69) is 42.0 Å². The number of likely N-dealkylation sites (tertiary alicyclic amines) is 1. The number of carbonyl (C=O) groups is 1. The molecule has 2 aliphatic rings. The maximum atomic E-state index is 12.3. The zero-order valence-electron chi connectivity index (χ0n) is 13.7. The molecule has 120 valence electrons. The van der Waals surface area contributed by atoms with Gasteiger partial charge in [0.15, 0.2) is 6.54 Å². The molecule has 3 atom stereocenters. The SMILES string of the molecule is CC1(C)[C@@H]2CC[C@]1(C)C[NH+](CC(=O)Nc1ccc(Br)cc1)C2. The van der Waals surface area contributed by atoms with Crippen molar-refractivity contribution >= 4 is 27.5 Å². The van der Waals surface area contributed by atoms with Crippen LogP contribution in [0.5, 0.6) is 0 Å². The zero-order chi connectivity index (χ0) is 16.0. The third kappa shape index (κ3) is 2.83. The molecule has 22 heavy (non-hydrogen) atoms. The molecule has 4 heteroatoms. The summed E-state index contributed by atoms with van der Waals surface area (Å²) in [5.74, 6) is 0.877. The van der Waals surface area contributed by atoms with Gasteiger partial charge in [-0.15, -0.1) is 0 Å². The van der Waals surface area contributed by atoms with Crippen molar-refractivity contribution in [2.75, 3.05) is 25.0 Å². The summed E-state index contributed by atoms with van der Waals surface area (Å²) in [4.78, 5) is 13.8. The third-order valence-electron chi connectivity index (χ3n) is 6.33. The first-order valence-electron chi connectivity index (χ1n) is 8.19. The summed E-state index contributed by atoms with van der Waals surface area (Å²) in [6, 6.07) is 7.77. The van der Waals surface area contributed by atoms with Crippen LogP contribution in [0.4, 0.5) is 5.69 Å². The van der Waals surface area contributed by atoms with Gasteiger partial charge in [-0.3, -0.25) is 4.79 Å². The van der Waals surface area contributed by atoms with E-state index < -0.39 is 0 Å². The number of hydrogen-bond donors (Lipinski definition) is 2. The molecule has 1 aliphatic heterocycles. The second kappa shape index (κ2) is 5.64. The van der Waals surface area contributed by atoms with E-state index in [4.69, 9.17) is 0 Å². The number of halogens is 1. The van der Waals surface area contributed by atoms with Crippen LogP contribution in [0.2, 0.25) is 0 Å². The Hall–Kier alpha value is -0.870. The summed E-state index contributed by atoms with van der Waals surface area (Å²) < 4.78 is 1.03. The Morgan fingerprint density at radius 2 is 2.00 bits per heavy atom. The van der Waals surface area contributed by atoms with Gasteiger partial charge in [0.25, 0.3) is 5.91 Å². The topological polar surface area (TPSA) is 33.5 Å². The van der Waals surface area contributed by atoms with Crippen LogP contribution in [0.1, 0.15) is 33.6 Å². The van der Waals surface area contributed by atoms with Crippen LogP contribution >= 0.6 is 15.9 Å². The summed E-state index contributed by atoms with van der Waals surface area (Å²) in [7, 11) is 0. The van der Waals surface area contributed by atoms with Crippen molar-refractivity contribution < 1.29 is 9.69 Å². The highest BCUT2D eigenvalue weighted by atomic mass is 79.9. The number of nitrogens with one attached hydrogen (secondary N) is 2. The monoisotopic (exact) mass is 365 g/mol. The van der Waals surface area contributed by atoms with Gasteiger partial charge in [-0.05, 0) is 42.5 Å². The number of quaternary nitrogens is 1. The summed E-state index contributed by atoms with van der Waals surface area (Å²) in [6.45, 7) is 10.1. The van der Waals surface area contributed by atoms with E-state index in [1.165, 1.54) is 17.7 Å². The van der Waals surface area contributed by atoms with E-state index in [1.54, 1.807) is 0 Å². The fraction of sp³-hybridized carbons (Fsp3) is 0.611. The summed E-state index contributed by atoms with van der Waals surface area (Å²) >= 11 is 3.41. The van der Waals surface area contributed by atoms with E-state index in [9.17, 15) is 4.79 Å². The normalized spacial score (nSPS) is 32.7. The summed E-state index contributed by atoms with van der Waals surface area (Å²) in [6.07, 6.45) is 2.63. The number of rotatable bonds is 3. The van der Waals surface area contributed by atoms with E-state index >= 15 is 0 Å². The van der Waals surface area contributed by atoms with Crippen LogP contribution in [0.25, 0.3) is 0 Å². The lowest BCUT2D eigenvalue weighted by Crippen LogP contribution is -3.16. The van der Waals surface area contributed by atoms with E-state index in [1.807, 2.05) is 24.3 Å². The molecule has 1 aromatic rings. The van der Waals surface area contributed by atoms with E-state index in [0.29, 0.717) is 17.4 Å². The van der Waals surface area contributed by atoms with Crippen LogP contribution < -0.4 is 10.2 Å². The molecule has 1 saturated carbocycles. The average Bonchev–Trinajstić information content (AvgIpc) is 2.59. The minimum absolute atomic E-state index is 0.125. The van der Waals surface area contributed by atoms with Crippen LogP contribution in [0.3, 0.4) is 0 Å². The lowest BCUT2D eigenvalue weighted by atomic mass is 9.63. The minimum atomic E-state index is 0.125. The van der Waals surface area contributed by atoms with Crippen molar-refractivity contribution in [3.05, 3.63) is 28.7 Å².